The van der Waals surface area contributed by atoms with Crippen LogP contribution in [0.5, 0.6) is 0 Å². The van der Waals surface area contributed by atoms with Crippen LogP contribution in [0.25, 0.3) is 0 Å². The highest BCUT2D eigenvalue weighted by Crippen LogP contribution is 2.14. The van der Waals surface area contributed by atoms with Gasteiger partial charge in [-0.3, -0.25) is 4.79 Å². The molecule has 0 spiro atoms. The Balaban J connectivity index is 1.83. The highest BCUT2D eigenvalue weighted by molar-refractivity contribution is 7.89. The summed E-state index contributed by atoms with van der Waals surface area (Å²) in [6.07, 6.45) is 2.78. The van der Waals surface area contributed by atoms with Crippen LogP contribution in [0.2, 0.25) is 0 Å². The highest BCUT2D eigenvalue weighted by atomic mass is 32.2. The summed E-state index contributed by atoms with van der Waals surface area (Å²) < 4.78 is 26.5. The van der Waals surface area contributed by atoms with E-state index in [1.165, 1.54) is 17.7 Å². The Bertz CT molecular complexity index is 772. The third-order valence-electron chi connectivity index (χ3n) is 3.70. The van der Waals surface area contributed by atoms with Gasteiger partial charge in [-0.1, -0.05) is 37.3 Å². The molecule has 0 fully saturated rings. The normalized spacial score (nSPS) is 11.2. The number of anilines is 1. The Labute approximate surface area is 149 Å². The van der Waals surface area contributed by atoms with Gasteiger partial charge in [-0.25, -0.2) is 13.1 Å². The van der Waals surface area contributed by atoms with Crippen molar-refractivity contribution in [1.82, 2.24) is 4.72 Å². The molecule has 2 aromatic carbocycles. The van der Waals surface area contributed by atoms with Crippen molar-refractivity contribution in [3.05, 3.63) is 60.2 Å². The van der Waals surface area contributed by atoms with E-state index >= 15 is 0 Å². The van der Waals surface area contributed by atoms with Gasteiger partial charge in [0.1, 0.15) is 0 Å². The lowest BCUT2D eigenvalue weighted by Gasteiger charge is -2.08. The van der Waals surface area contributed by atoms with Crippen molar-refractivity contribution in [3.63, 3.8) is 0 Å². The lowest BCUT2D eigenvalue weighted by molar-refractivity contribution is -0.116. The monoisotopic (exact) mass is 360 g/mol. The second kappa shape index (κ2) is 9.34. The molecule has 6 heteroatoms. The van der Waals surface area contributed by atoms with Gasteiger partial charge in [-0.05, 0) is 49.1 Å². The molecule has 0 aliphatic heterocycles. The van der Waals surface area contributed by atoms with E-state index in [4.69, 9.17) is 0 Å². The van der Waals surface area contributed by atoms with Crippen molar-refractivity contribution in [2.24, 2.45) is 0 Å². The average molecular weight is 360 g/mol. The number of carbonyl (C=O) groups is 1. The van der Waals surface area contributed by atoms with Gasteiger partial charge in [0, 0.05) is 18.7 Å². The van der Waals surface area contributed by atoms with Crippen LogP contribution < -0.4 is 10.0 Å². The largest absolute Gasteiger partial charge is 0.326 e. The van der Waals surface area contributed by atoms with Crippen molar-refractivity contribution in [3.8, 4) is 0 Å². The maximum Gasteiger partial charge on any atom is 0.240 e. The van der Waals surface area contributed by atoms with Crippen molar-refractivity contribution in [1.29, 1.82) is 0 Å². The minimum Gasteiger partial charge on any atom is -0.326 e. The Hall–Kier alpha value is -2.18. The van der Waals surface area contributed by atoms with E-state index in [0.717, 1.165) is 19.3 Å². The van der Waals surface area contributed by atoms with Crippen LogP contribution in [-0.4, -0.2) is 20.9 Å². The predicted octanol–water partition coefficient (Wildman–Crippen LogP) is 3.34. The molecule has 2 rings (SSSR count). The Morgan fingerprint density at radius 1 is 1.00 bits per heavy atom. The number of nitrogens with one attached hydrogen (secondary N) is 2. The molecule has 0 aliphatic carbocycles. The van der Waals surface area contributed by atoms with Gasteiger partial charge < -0.3 is 5.32 Å². The Kier molecular flexibility index (Phi) is 7.16. The first-order valence-corrected chi connectivity index (χ1v) is 9.93. The first-order valence-electron chi connectivity index (χ1n) is 8.45. The van der Waals surface area contributed by atoms with Gasteiger partial charge in [0.2, 0.25) is 15.9 Å². The molecular formula is C19H24N2O3S. The van der Waals surface area contributed by atoms with Gasteiger partial charge in [-0.2, -0.15) is 0 Å². The number of sulfonamides is 1. The van der Waals surface area contributed by atoms with Crippen LogP contribution in [0.15, 0.2) is 59.5 Å². The van der Waals surface area contributed by atoms with Crippen LogP contribution in [-0.2, 0) is 21.2 Å². The zero-order chi connectivity index (χ0) is 18.1. The predicted molar refractivity (Wildman–Crippen MR) is 99.9 cm³/mol. The molecule has 25 heavy (non-hydrogen) atoms. The van der Waals surface area contributed by atoms with E-state index in [1.54, 1.807) is 12.1 Å². The van der Waals surface area contributed by atoms with Gasteiger partial charge in [0.05, 0.1) is 4.90 Å². The van der Waals surface area contributed by atoms with Crippen molar-refractivity contribution < 1.29 is 13.2 Å². The summed E-state index contributed by atoms with van der Waals surface area (Å²) in [5.41, 5.74) is 1.81. The first-order chi connectivity index (χ1) is 12.0. The molecule has 0 aliphatic rings. The minimum atomic E-state index is -3.48. The van der Waals surface area contributed by atoms with Crippen molar-refractivity contribution in [2.75, 3.05) is 11.9 Å². The first kappa shape index (κ1) is 19.1. The zero-order valence-electron chi connectivity index (χ0n) is 14.4. The summed E-state index contributed by atoms with van der Waals surface area (Å²) in [6, 6.07) is 16.2. The Morgan fingerprint density at radius 3 is 2.32 bits per heavy atom. The van der Waals surface area contributed by atoms with E-state index in [2.05, 4.69) is 10.0 Å². The van der Waals surface area contributed by atoms with Gasteiger partial charge in [0.25, 0.3) is 0 Å². The summed E-state index contributed by atoms with van der Waals surface area (Å²) in [7, 11) is -3.48. The molecule has 0 aromatic heterocycles. The molecule has 1 amide bonds. The zero-order valence-corrected chi connectivity index (χ0v) is 15.2. The topological polar surface area (TPSA) is 75.3 Å². The van der Waals surface area contributed by atoms with E-state index in [0.29, 0.717) is 18.7 Å². The van der Waals surface area contributed by atoms with Gasteiger partial charge in [0.15, 0.2) is 0 Å². The van der Waals surface area contributed by atoms with Crippen LogP contribution in [0.4, 0.5) is 5.69 Å². The Morgan fingerprint density at radius 2 is 1.68 bits per heavy atom. The summed E-state index contributed by atoms with van der Waals surface area (Å²) in [4.78, 5) is 12.2. The number of hydrogen-bond acceptors (Lipinski definition) is 3. The van der Waals surface area contributed by atoms with E-state index < -0.39 is 10.0 Å². The molecule has 0 unspecified atom stereocenters. The molecule has 0 radical (unpaired) electrons. The number of rotatable bonds is 9. The minimum absolute atomic E-state index is 0.0735. The average Bonchev–Trinajstić information content (AvgIpc) is 2.61. The molecule has 5 nitrogen and oxygen atoms in total. The fraction of sp³-hybridized carbons (Fsp3) is 0.316. The summed E-state index contributed by atoms with van der Waals surface area (Å²) in [6.45, 7) is 2.31. The number of hydrogen-bond donors (Lipinski definition) is 2. The number of amides is 1. The van der Waals surface area contributed by atoms with Crippen LogP contribution in [0.1, 0.15) is 31.7 Å². The fourth-order valence-electron chi connectivity index (χ4n) is 2.36. The highest BCUT2D eigenvalue weighted by Gasteiger charge is 2.12. The second-order valence-corrected chi connectivity index (χ2v) is 7.58. The second-order valence-electron chi connectivity index (χ2n) is 5.81. The van der Waals surface area contributed by atoms with E-state index in [1.807, 2.05) is 37.3 Å². The number of benzene rings is 2. The summed E-state index contributed by atoms with van der Waals surface area (Å²) in [5, 5.41) is 2.80. The van der Waals surface area contributed by atoms with Crippen LogP contribution >= 0.6 is 0 Å². The van der Waals surface area contributed by atoms with E-state index in [-0.39, 0.29) is 10.8 Å². The van der Waals surface area contributed by atoms with E-state index in [9.17, 15) is 13.2 Å². The maximum atomic E-state index is 12.0. The SMILES string of the molecule is CCCNS(=O)(=O)c1ccc(NC(=O)CCCc2ccccc2)cc1. The molecule has 0 saturated carbocycles. The summed E-state index contributed by atoms with van der Waals surface area (Å²) >= 11 is 0. The molecule has 134 valence electrons. The number of aryl methyl sites for hydroxylation is 1. The smallest absolute Gasteiger partial charge is 0.240 e. The third kappa shape index (κ3) is 6.32. The molecule has 2 N–H and O–H groups in total. The fourth-order valence-corrected chi connectivity index (χ4v) is 3.49. The van der Waals surface area contributed by atoms with Crippen LogP contribution in [0.3, 0.4) is 0 Å². The maximum absolute atomic E-state index is 12.0. The third-order valence-corrected chi connectivity index (χ3v) is 5.18. The van der Waals surface area contributed by atoms with Crippen LogP contribution in [0, 0.1) is 0 Å². The van der Waals surface area contributed by atoms with Crippen molar-refractivity contribution >= 4 is 21.6 Å². The summed E-state index contributed by atoms with van der Waals surface area (Å²) in [5.74, 6) is -0.0735. The molecule has 2 aromatic rings. The molecular weight excluding hydrogens is 336 g/mol. The van der Waals surface area contributed by atoms with Gasteiger partial charge >= 0.3 is 0 Å². The standard InChI is InChI=1S/C19H24N2O3S/c1-2-15-20-25(23,24)18-13-11-17(12-14-18)21-19(22)10-6-9-16-7-4-3-5-8-16/h3-5,7-8,11-14,20H,2,6,9-10,15H2,1H3,(H,21,22). The molecule has 0 saturated heterocycles. The lowest BCUT2D eigenvalue weighted by Crippen LogP contribution is -2.24. The molecule has 0 atom stereocenters. The molecule has 0 heterocycles. The quantitative estimate of drug-likeness (QED) is 0.720. The van der Waals surface area contributed by atoms with Gasteiger partial charge in [-0.15, -0.1) is 0 Å². The molecule has 0 bridgehead atoms. The number of carbonyl (C=O) groups excluding carboxylic acids is 1. The lowest BCUT2D eigenvalue weighted by atomic mass is 10.1. The van der Waals surface area contributed by atoms with Crippen molar-refractivity contribution in [2.45, 2.75) is 37.5 Å².